The Morgan fingerprint density at radius 2 is 2.64 bits per heavy atom. The minimum Gasteiger partial charge on any atom is -0.356 e. The molecule has 0 aliphatic heterocycles. The van der Waals surface area contributed by atoms with Crippen molar-refractivity contribution in [2.45, 2.75) is 13.3 Å². The number of carbonyl (C=O) groups excluding carboxylic acids is 1. The predicted molar refractivity (Wildman–Crippen MR) is 44.5 cm³/mol. The van der Waals surface area contributed by atoms with E-state index in [4.69, 9.17) is 0 Å². The third-order valence-electron chi connectivity index (χ3n) is 1.20. The van der Waals surface area contributed by atoms with Gasteiger partial charge in [0.05, 0.1) is 17.6 Å². The average Bonchev–Trinajstić information content (AvgIpc) is 2.40. The molecule has 0 saturated heterocycles. The van der Waals surface area contributed by atoms with Crippen LogP contribution in [0.1, 0.15) is 12.6 Å². The summed E-state index contributed by atoms with van der Waals surface area (Å²) in [4.78, 5) is 15.0. The Morgan fingerprint density at radius 1 is 1.82 bits per heavy atom. The van der Waals surface area contributed by atoms with Crippen LogP contribution in [-0.2, 0) is 11.2 Å². The van der Waals surface area contributed by atoms with Crippen molar-refractivity contribution in [1.82, 2.24) is 10.3 Å². The normalized spacial score (nSPS) is 9.55. The van der Waals surface area contributed by atoms with Crippen LogP contribution in [0.5, 0.6) is 0 Å². The second kappa shape index (κ2) is 4.08. The van der Waals surface area contributed by atoms with Gasteiger partial charge in [-0.25, -0.2) is 4.98 Å². The Kier molecular flexibility index (Phi) is 3.04. The molecule has 0 radical (unpaired) electrons. The molecule has 0 saturated carbocycles. The van der Waals surface area contributed by atoms with Crippen molar-refractivity contribution in [2.24, 2.45) is 0 Å². The summed E-state index contributed by atoms with van der Waals surface area (Å²) in [6.45, 7) is 2.59. The van der Waals surface area contributed by atoms with E-state index in [9.17, 15) is 4.79 Å². The predicted octanol–water partition coefficient (Wildman–Crippen LogP) is 0.822. The Morgan fingerprint density at radius 3 is 3.18 bits per heavy atom. The Hall–Kier alpha value is -0.900. The molecule has 11 heavy (non-hydrogen) atoms. The Balaban J connectivity index is 2.37. The third-order valence-corrected chi connectivity index (χ3v) is 1.83. The average molecular weight is 170 g/mol. The molecule has 0 spiro atoms. The minimum absolute atomic E-state index is 0.0402. The van der Waals surface area contributed by atoms with E-state index in [0.29, 0.717) is 13.0 Å². The van der Waals surface area contributed by atoms with Crippen molar-refractivity contribution in [3.63, 3.8) is 0 Å². The van der Waals surface area contributed by atoms with E-state index in [0.717, 1.165) is 5.69 Å². The summed E-state index contributed by atoms with van der Waals surface area (Å²) in [6.07, 6.45) is 0.400. The van der Waals surface area contributed by atoms with Crippen molar-refractivity contribution in [3.05, 3.63) is 16.6 Å². The first-order chi connectivity index (χ1) is 5.33. The maximum atomic E-state index is 11.0. The molecule has 0 aliphatic rings. The van der Waals surface area contributed by atoms with Gasteiger partial charge in [0, 0.05) is 11.9 Å². The van der Waals surface area contributed by atoms with Gasteiger partial charge in [-0.2, -0.15) is 0 Å². The first-order valence-electron chi connectivity index (χ1n) is 3.46. The van der Waals surface area contributed by atoms with Gasteiger partial charge in [0.1, 0.15) is 0 Å². The Labute approximate surface area is 69.5 Å². The van der Waals surface area contributed by atoms with Gasteiger partial charge in [-0.15, -0.1) is 11.3 Å². The number of nitrogens with zero attached hydrogens (tertiary/aromatic N) is 1. The van der Waals surface area contributed by atoms with Gasteiger partial charge in [-0.3, -0.25) is 4.79 Å². The molecule has 1 heterocycles. The number of carbonyl (C=O) groups is 1. The summed E-state index contributed by atoms with van der Waals surface area (Å²) in [6, 6.07) is 0. The number of likely N-dealkylation sites (N-methyl/N-ethyl adjacent to an activating group) is 1. The van der Waals surface area contributed by atoms with E-state index >= 15 is 0 Å². The van der Waals surface area contributed by atoms with Crippen molar-refractivity contribution in [2.75, 3.05) is 6.54 Å². The van der Waals surface area contributed by atoms with E-state index in [2.05, 4.69) is 10.3 Å². The van der Waals surface area contributed by atoms with E-state index < -0.39 is 0 Å². The van der Waals surface area contributed by atoms with Gasteiger partial charge in [-0.05, 0) is 6.92 Å². The fourth-order valence-corrected chi connectivity index (χ4v) is 1.31. The molecule has 0 aliphatic carbocycles. The minimum atomic E-state index is 0.0402. The molecule has 1 N–H and O–H groups in total. The monoisotopic (exact) mass is 170 g/mol. The number of rotatable bonds is 3. The molecule has 1 amide bonds. The summed E-state index contributed by atoms with van der Waals surface area (Å²) in [7, 11) is 0. The quantitative estimate of drug-likeness (QED) is 0.729. The summed E-state index contributed by atoms with van der Waals surface area (Å²) < 4.78 is 0. The highest BCUT2D eigenvalue weighted by Gasteiger charge is 2.01. The molecule has 4 heteroatoms. The lowest BCUT2D eigenvalue weighted by molar-refractivity contribution is -0.120. The van der Waals surface area contributed by atoms with E-state index in [1.165, 1.54) is 11.3 Å². The zero-order valence-corrected chi connectivity index (χ0v) is 7.15. The third kappa shape index (κ3) is 2.67. The molecule has 1 rings (SSSR count). The van der Waals surface area contributed by atoms with Gasteiger partial charge in [0.15, 0.2) is 0 Å². The SMILES string of the molecule is CCNC(=O)Cc1cscn1. The molecule has 0 aromatic carbocycles. The topological polar surface area (TPSA) is 42.0 Å². The van der Waals surface area contributed by atoms with Gasteiger partial charge in [0.25, 0.3) is 0 Å². The highest BCUT2D eigenvalue weighted by atomic mass is 32.1. The van der Waals surface area contributed by atoms with Crippen LogP contribution < -0.4 is 5.32 Å². The first kappa shape index (κ1) is 8.20. The molecular weight excluding hydrogens is 160 g/mol. The zero-order chi connectivity index (χ0) is 8.10. The lowest BCUT2D eigenvalue weighted by Gasteiger charge is -1.97. The number of amides is 1. The van der Waals surface area contributed by atoms with Crippen LogP contribution in [0, 0.1) is 0 Å². The molecule has 0 atom stereocenters. The van der Waals surface area contributed by atoms with E-state index in [1.54, 1.807) is 5.51 Å². The zero-order valence-electron chi connectivity index (χ0n) is 6.33. The van der Waals surface area contributed by atoms with Gasteiger partial charge < -0.3 is 5.32 Å². The number of thiazole rings is 1. The molecule has 0 fully saturated rings. The smallest absolute Gasteiger partial charge is 0.226 e. The number of nitrogens with one attached hydrogen (secondary N) is 1. The van der Waals surface area contributed by atoms with Crippen LogP contribution in [0.15, 0.2) is 10.9 Å². The van der Waals surface area contributed by atoms with Crippen molar-refractivity contribution in [3.8, 4) is 0 Å². The van der Waals surface area contributed by atoms with Crippen LogP contribution in [0.2, 0.25) is 0 Å². The summed E-state index contributed by atoms with van der Waals surface area (Å²) in [5, 5.41) is 4.59. The lowest BCUT2D eigenvalue weighted by atomic mass is 10.3. The molecule has 1 aromatic rings. The largest absolute Gasteiger partial charge is 0.356 e. The van der Waals surface area contributed by atoms with Crippen LogP contribution >= 0.6 is 11.3 Å². The number of hydrogen-bond donors (Lipinski definition) is 1. The van der Waals surface area contributed by atoms with Gasteiger partial charge >= 0.3 is 0 Å². The van der Waals surface area contributed by atoms with Crippen LogP contribution in [0.4, 0.5) is 0 Å². The van der Waals surface area contributed by atoms with Crippen LogP contribution in [0.3, 0.4) is 0 Å². The fraction of sp³-hybridized carbons (Fsp3) is 0.429. The van der Waals surface area contributed by atoms with Gasteiger partial charge in [0.2, 0.25) is 5.91 Å². The summed E-state index contributed by atoms with van der Waals surface area (Å²) in [5.74, 6) is 0.0402. The Bertz CT molecular complexity index is 220. The van der Waals surface area contributed by atoms with E-state index in [-0.39, 0.29) is 5.91 Å². The van der Waals surface area contributed by atoms with Crippen LogP contribution in [0.25, 0.3) is 0 Å². The molecule has 1 aromatic heterocycles. The van der Waals surface area contributed by atoms with Crippen molar-refractivity contribution >= 4 is 17.2 Å². The highest BCUT2D eigenvalue weighted by Crippen LogP contribution is 2.00. The van der Waals surface area contributed by atoms with Crippen LogP contribution in [-0.4, -0.2) is 17.4 Å². The van der Waals surface area contributed by atoms with E-state index in [1.807, 2.05) is 12.3 Å². The van der Waals surface area contributed by atoms with Gasteiger partial charge in [-0.1, -0.05) is 0 Å². The van der Waals surface area contributed by atoms with Crippen molar-refractivity contribution < 1.29 is 4.79 Å². The summed E-state index contributed by atoms with van der Waals surface area (Å²) in [5.41, 5.74) is 2.58. The summed E-state index contributed by atoms with van der Waals surface area (Å²) >= 11 is 1.51. The molecular formula is C7H10N2OS. The lowest BCUT2D eigenvalue weighted by Crippen LogP contribution is -2.24. The molecule has 0 unspecified atom stereocenters. The second-order valence-electron chi connectivity index (χ2n) is 2.11. The maximum absolute atomic E-state index is 11.0. The molecule has 60 valence electrons. The van der Waals surface area contributed by atoms with Crippen molar-refractivity contribution in [1.29, 1.82) is 0 Å². The molecule has 0 bridgehead atoms. The standard InChI is InChI=1S/C7H10N2OS/c1-2-8-7(10)3-6-4-11-5-9-6/h4-5H,2-3H2,1H3,(H,8,10). The number of hydrogen-bond acceptors (Lipinski definition) is 3. The highest BCUT2D eigenvalue weighted by molar-refractivity contribution is 7.07. The fourth-order valence-electron chi connectivity index (χ4n) is 0.749. The molecule has 3 nitrogen and oxygen atoms in total. The second-order valence-corrected chi connectivity index (χ2v) is 2.83. The number of aromatic nitrogens is 1. The first-order valence-corrected chi connectivity index (χ1v) is 4.41. The maximum Gasteiger partial charge on any atom is 0.226 e.